The minimum atomic E-state index is -1.01. The van der Waals surface area contributed by atoms with Crippen LogP contribution in [0.25, 0.3) is 0 Å². The average Bonchev–Trinajstić information content (AvgIpc) is 2.47. The minimum Gasteiger partial charge on any atom is -0.478 e. The SMILES string of the molecule is C=C1C=C(C(=O)O)C(C)(C2C3CC4CC(C3)CC2C4)C(C(=O)O)=C1. The van der Waals surface area contributed by atoms with Crippen LogP contribution >= 0.6 is 0 Å². The maximum atomic E-state index is 12.0. The van der Waals surface area contributed by atoms with Gasteiger partial charge in [-0.15, -0.1) is 0 Å². The molecule has 0 amide bonds. The Labute approximate surface area is 141 Å². The van der Waals surface area contributed by atoms with E-state index in [2.05, 4.69) is 6.58 Å². The van der Waals surface area contributed by atoms with Crippen molar-refractivity contribution in [3.8, 4) is 0 Å². The highest BCUT2D eigenvalue weighted by Crippen LogP contribution is 2.64. The van der Waals surface area contributed by atoms with Gasteiger partial charge in [0.25, 0.3) is 0 Å². The first kappa shape index (κ1) is 15.7. The van der Waals surface area contributed by atoms with Gasteiger partial charge in [-0.25, -0.2) is 9.59 Å². The Kier molecular flexibility index (Phi) is 3.32. The number of carboxylic acids is 2. The largest absolute Gasteiger partial charge is 0.478 e. The van der Waals surface area contributed by atoms with E-state index in [0.29, 0.717) is 17.4 Å². The molecule has 2 N–H and O–H groups in total. The summed E-state index contributed by atoms with van der Waals surface area (Å²) in [7, 11) is 0. The number of rotatable bonds is 3. The summed E-state index contributed by atoms with van der Waals surface area (Å²) in [6.07, 6.45) is 9.01. The summed E-state index contributed by atoms with van der Waals surface area (Å²) in [5, 5.41) is 19.6. The second-order valence-electron chi connectivity index (χ2n) is 8.46. The van der Waals surface area contributed by atoms with Gasteiger partial charge < -0.3 is 10.2 Å². The molecule has 128 valence electrons. The van der Waals surface area contributed by atoms with Crippen LogP contribution in [-0.4, -0.2) is 22.2 Å². The third-order valence-electron chi connectivity index (χ3n) is 7.13. The lowest BCUT2D eigenvalue weighted by Crippen LogP contribution is -2.54. The zero-order valence-electron chi connectivity index (χ0n) is 14.0. The van der Waals surface area contributed by atoms with Crippen molar-refractivity contribution in [2.24, 2.45) is 35.0 Å². The van der Waals surface area contributed by atoms with Crippen molar-refractivity contribution in [1.82, 2.24) is 0 Å². The highest BCUT2D eigenvalue weighted by molar-refractivity contribution is 5.98. The number of hydrogen-bond acceptors (Lipinski definition) is 2. The maximum absolute atomic E-state index is 12.0. The second-order valence-corrected chi connectivity index (χ2v) is 8.46. The molecule has 5 rings (SSSR count). The number of carbonyl (C=O) groups is 2. The van der Waals surface area contributed by atoms with Crippen LogP contribution in [0.1, 0.15) is 39.0 Å². The lowest BCUT2D eigenvalue weighted by Gasteiger charge is -2.60. The summed E-state index contributed by atoms with van der Waals surface area (Å²) in [5.74, 6) is 0.508. The molecule has 4 fully saturated rings. The molecule has 5 aliphatic carbocycles. The first-order chi connectivity index (χ1) is 11.3. The highest BCUT2D eigenvalue weighted by Gasteiger charge is 2.58. The predicted octanol–water partition coefficient (Wildman–Crippen LogP) is 3.66. The van der Waals surface area contributed by atoms with Gasteiger partial charge in [-0.05, 0) is 79.4 Å². The summed E-state index contributed by atoms with van der Waals surface area (Å²) in [5.41, 5.74) is -0.0394. The van der Waals surface area contributed by atoms with Gasteiger partial charge >= 0.3 is 11.9 Å². The van der Waals surface area contributed by atoms with Crippen LogP contribution in [0, 0.1) is 35.0 Å². The first-order valence-corrected chi connectivity index (χ1v) is 8.90. The molecule has 0 aliphatic heterocycles. The van der Waals surface area contributed by atoms with E-state index >= 15 is 0 Å². The van der Waals surface area contributed by atoms with E-state index in [1.165, 1.54) is 6.42 Å². The van der Waals surface area contributed by atoms with Gasteiger partial charge in [0.2, 0.25) is 0 Å². The van der Waals surface area contributed by atoms with Gasteiger partial charge in [0, 0.05) is 16.6 Å². The normalized spacial score (nSPS) is 39.4. The smallest absolute Gasteiger partial charge is 0.332 e. The van der Waals surface area contributed by atoms with Crippen molar-refractivity contribution in [1.29, 1.82) is 0 Å². The quantitative estimate of drug-likeness (QED) is 0.829. The Morgan fingerprint density at radius 1 is 0.958 bits per heavy atom. The molecule has 0 aromatic carbocycles. The molecular formula is C20H24O4. The van der Waals surface area contributed by atoms with E-state index in [0.717, 1.165) is 37.5 Å². The van der Waals surface area contributed by atoms with Gasteiger partial charge in [-0.2, -0.15) is 0 Å². The van der Waals surface area contributed by atoms with Gasteiger partial charge in [0.05, 0.1) is 0 Å². The van der Waals surface area contributed by atoms with Gasteiger partial charge in [-0.3, -0.25) is 0 Å². The van der Waals surface area contributed by atoms with E-state index < -0.39 is 17.4 Å². The van der Waals surface area contributed by atoms with Crippen molar-refractivity contribution in [3.05, 3.63) is 35.5 Å². The third kappa shape index (κ3) is 2.04. The van der Waals surface area contributed by atoms with Gasteiger partial charge in [-0.1, -0.05) is 13.5 Å². The van der Waals surface area contributed by atoms with Crippen LogP contribution in [0.3, 0.4) is 0 Å². The molecule has 0 radical (unpaired) electrons. The van der Waals surface area contributed by atoms with Crippen molar-refractivity contribution < 1.29 is 19.8 Å². The number of hydrogen-bond donors (Lipinski definition) is 2. The fourth-order valence-electron chi connectivity index (χ4n) is 6.65. The standard InChI is InChI=1S/C20H24O4/c1-10-3-15(18(21)22)20(2,16(4-10)19(23)24)17-13-6-11-5-12(8-13)9-14(17)7-11/h3-4,11-14,17H,1,5-9H2,2H3,(H,21,22)(H,23,24). The van der Waals surface area contributed by atoms with Gasteiger partial charge in [0.1, 0.15) is 0 Å². The Morgan fingerprint density at radius 2 is 1.38 bits per heavy atom. The van der Waals surface area contributed by atoms with E-state index in [1.807, 2.05) is 6.92 Å². The molecule has 24 heavy (non-hydrogen) atoms. The molecule has 5 aliphatic rings. The fraction of sp³-hybridized carbons (Fsp3) is 0.600. The van der Waals surface area contributed by atoms with E-state index in [-0.39, 0.29) is 17.1 Å². The number of carboxylic acid groups (broad SMARTS) is 2. The molecule has 0 heterocycles. The maximum Gasteiger partial charge on any atom is 0.332 e. The molecular weight excluding hydrogens is 304 g/mol. The van der Waals surface area contributed by atoms with Crippen LogP contribution in [-0.2, 0) is 9.59 Å². The van der Waals surface area contributed by atoms with Crippen molar-refractivity contribution in [2.75, 3.05) is 0 Å². The van der Waals surface area contributed by atoms with E-state index in [4.69, 9.17) is 0 Å². The summed E-state index contributed by atoms with van der Waals surface area (Å²) in [4.78, 5) is 24.0. The highest BCUT2D eigenvalue weighted by atomic mass is 16.4. The molecule has 0 aromatic rings. The molecule has 0 saturated heterocycles. The van der Waals surface area contributed by atoms with E-state index in [1.54, 1.807) is 12.2 Å². The summed E-state index contributed by atoms with van der Waals surface area (Å²) in [6.45, 7) is 5.66. The zero-order valence-corrected chi connectivity index (χ0v) is 14.0. The Morgan fingerprint density at radius 3 is 1.75 bits per heavy atom. The summed E-state index contributed by atoms with van der Waals surface area (Å²) >= 11 is 0. The Balaban J connectivity index is 1.84. The molecule has 4 bridgehead atoms. The molecule has 0 unspecified atom stereocenters. The van der Waals surface area contributed by atoms with E-state index in [9.17, 15) is 19.8 Å². The monoisotopic (exact) mass is 328 g/mol. The fourth-order valence-corrected chi connectivity index (χ4v) is 6.65. The molecule has 4 nitrogen and oxygen atoms in total. The number of aliphatic carboxylic acids is 2. The van der Waals surface area contributed by atoms with Gasteiger partial charge in [0.15, 0.2) is 0 Å². The van der Waals surface area contributed by atoms with Crippen LogP contribution in [0.2, 0.25) is 0 Å². The molecule has 0 atom stereocenters. The molecule has 4 heteroatoms. The lowest BCUT2D eigenvalue weighted by atomic mass is 9.44. The summed E-state index contributed by atoms with van der Waals surface area (Å²) in [6, 6.07) is 0. The number of allylic oxidation sites excluding steroid dienone is 3. The first-order valence-electron chi connectivity index (χ1n) is 8.90. The van der Waals surface area contributed by atoms with Crippen molar-refractivity contribution in [3.63, 3.8) is 0 Å². The predicted molar refractivity (Wildman–Crippen MR) is 89.2 cm³/mol. The molecule has 0 aromatic heterocycles. The van der Waals surface area contributed by atoms with Crippen LogP contribution in [0.5, 0.6) is 0 Å². The van der Waals surface area contributed by atoms with Crippen molar-refractivity contribution >= 4 is 11.9 Å². The summed E-state index contributed by atoms with van der Waals surface area (Å²) < 4.78 is 0. The molecule has 0 spiro atoms. The Hall–Kier alpha value is -1.84. The minimum absolute atomic E-state index is 0.114. The Bertz CT molecular complexity index is 634. The van der Waals surface area contributed by atoms with Crippen LogP contribution in [0.15, 0.2) is 35.5 Å². The lowest BCUT2D eigenvalue weighted by molar-refractivity contribution is -0.139. The van der Waals surface area contributed by atoms with Crippen molar-refractivity contribution in [2.45, 2.75) is 39.0 Å². The third-order valence-corrected chi connectivity index (χ3v) is 7.13. The van der Waals surface area contributed by atoms with Crippen LogP contribution < -0.4 is 0 Å². The topological polar surface area (TPSA) is 74.6 Å². The average molecular weight is 328 g/mol. The van der Waals surface area contributed by atoms with Crippen LogP contribution in [0.4, 0.5) is 0 Å². The second kappa shape index (κ2) is 5.08. The molecule has 4 saturated carbocycles. The zero-order chi connectivity index (χ0) is 17.2.